The summed E-state index contributed by atoms with van der Waals surface area (Å²) in [6.07, 6.45) is 5.36. The number of rotatable bonds is 2. The first-order chi connectivity index (χ1) is 6.68. The van der Waals surface area contributed by atoms with Crippen molar-refractivity contribution in [3.63, 3.8) is 0 Å². The van der Waals surface area contributed by atoms with Crippen LogP contribution in [-0.4, -0.2) is 23.3 Å². The second-order valence-corrected chi connectivity index (χ2v) is 4.22. The molecule has 0 radical (unpaired) electrons. The summed E-state index contributed by atoms with van der Waals surface area (Å²) in [4.78, 5) is 11.3. The summed E-state index contributed by atoms with van der Waals surface area (Å²) in [5.41, 5.74) is 0.476. The zero-order chi connectivity index (χ0) is 10.1. The van der Waals surface area contributed by atoms with Crippen LogP contribution in [0.5, 0.6) is 0 Å². The van der Waals surface area contributed by atoms with Crippen molar-refractivity contribution in [2.75, 3.05) is 0 Å². The van der Waals surface area contributed by atoms with Gasteiger partial charge < -0.3 is 9.84 Å². The molecule has 14 heavy (non-hydrogen) atoms. The molecule has 0 aromatic carbocycles. The van der Waals surface area contributed by atoms with Crippen LogP contribution >= 0.6 is 0 Å². The minimum atomic E-state index is -0.602. The molecule has 78 valence electrons. The average molecular weight is 196 g/mol. The summed E-state index contributed by atoms with van der Waals surface area (Å²) in [6.45, 7) is 1.81. The van der Waals surface area contributed by atoms with Gasteiger partial charge in [-0.1, -0.05) is 12.8 Å². The quantitative estimate of drug-likeness (QED) is 0.679. The van der Waals surface area contributed by atoms with Gasteiger partial charge in [0.1, 0.15) is 6.10 Å². The lowest BCUT2D eigenvalue weighted by atomic mass is 9.94. The lowest BCUT2D eigenvalue weighted by Gasteiger charge is -2.16. The summed E-state index contributed by atoms with van der Waals surface area (Å²) in [6, 6.07) is 0. The van der Waals surface area contributed by atoms with Gasteiger partial charge in [0, 0.05) is 0 Å². The fourth-order valence-electron chi connectivity index (χ4n) is 2.34. The Labute approximate surface area is 83.8 Å². The van der Waals surface area contributed by atoms with Gasteiger partial charge in [-0.2, -0.15) is 0 Å². The first-order valence-electron chi connectivity index (χ1n) is 5.29. The van der Waals surface area contributed by atoms with Gasteiger partial charge >= 0.3 is 5.97 Å². The van der Waals surface area contributed by atoms with E-state index in [1.165, 1.54) is 12.8 Å². The van der Waals surface area contributed by atoms with E-state index < -0.39 is 6.10 Å². The average Bonchev–Trinajstić information content (AvgIpc) is 2.73. The fraction of sp³-hybridized carbons (Fsp3) is 0.727. The molecule has 0 spiro atoms. The molecule has 0 saturated heterocycles. The van der Waals surface area contributed by atoms with Gasteiger partial charge in [0.05, 0.1) is 11.7 Å². The van der Waals surface area contributed by atoms with E-state index in [4.69, 9.17) is 4.74 Å². The Morgan fingerprint density at radius 2 is 2.14 bits per heavy atom. The molecule has 2 aliphatic rings. The van der Waals surface area contributed by atoms with E-state index in [0.29, 0.717) is 5.57 Å². The highest BCUT2D eigenvalue weighted by molar-refractivity contribution is 5.92. The van der Waals surface area contributed by atoms with Gasteiger partial charge in [-0.3, -0.25) is 0 Å². The second-order valence-electron chi connectivity index (χ2n) is 4.22. The monoisotopic (exact) mass is 196 g/mol. The van der Waals surface area contributed by atoms with Crippen molar-refractivity contribution < 1.29 is 14.6 Å². The molecular formula is C11H16O3. The Kier molecular flexibility index (Phi) is 2.59. The molecule has 1 N–H and O–H groups in total. The first kappa shape index (κ1) is 9.71. The molecule has 0 bridgehead atoms. The van der Waals surface area contributed by atoms with Crippen molar-refractivity contribution in [1.82, 2.24) is 0 Å². The second kappa shape index (κ2) is 3.73. The Hall–Kier alpha value is -0.830. The van der Waals surface area contributed by atoms with E-state index >= 15 is 0 Å². The minimum Gasteiger partial charge on any atom is -0.455 e. The first-order valence-corrected chi connectivity index (χ1v) is 5.29. The Morgan fingerprint density at radius 3 is 2.64 bits per heavy atom. The third-order valence-corrected chi connectivity index (χ3v) is 3.11. The van der Waals surface area contributed by atoms with Crippen LogP contribution in [0.15, 0.2) is 11.6 Å². The fourth-order valence-corrected chi connectivity index (χ4v) is 2.34. The van der Waals surface area contributed by atoms with Crippen LogP contribution in [-0.2, 0) is 9.53 Å². The van der Waals surface area contributed by atoms with Gasteiger partial charge in [-0.25, -0.2) is 4.79 Å². The number of carbonyl (C=O) groups is 1. The molecule has 0 amide bonds. The normalized spacial score (nSPS) is 30.3. The molecule has 3 heteroatoms. The largest absolute Gasteiger partial charge is 0.455 e. The standard InChI is InChI=1S/C11H16O3/c1-7-6-9(11(13)14-7)10(12)8-4-2-3-5-8/h6-8,10,12H,2-5H2,1H3/t7-,10+/m1/s1. The van der Waals surface area contributed by atoms with Crippen molar-refractivity contribution in [2.45, 2.75) is 44.8 Å². The predicted molar refractivity (Wildman–Crippen MR) is 51.6 cm³/mol. The topological polar surface area (TPSA) is 46.5 Å². The number of aliphatic hydroxyl groups excluding tert-OH is 1. The summed E-state index contributed by atoms with van der Waals surface area (Å²) >= 11 is 0. The number of cyclic esters (lactones) is 1. The number of aliphatic hydroxyl groups is 1. The predicted octanol–water partition coefficient (Wildman–Crippen LogP) is 1.41. The van der Waals surface area contributed by atoms with Crippen molar-refractivity contribution >= 4 is 5.97 Å². The third-order valence-electron chi connectivity index (χ3n) is 3.11. The number of hydrogen-bond acceptors (Lipinski definition) is 3. The molecule has 1 aliphatic carbocycles. The number of esters is 1. The van der Waals surface area contributed by atoms with Crippen molar-refractivity contribution in [2.24, 2.45) is 5.92 Å². The molecule has 1 aliphatic heterocycles. The van der Waals surface area contributed by atoms with Crippen LogP contribution in [0.2, 0.25) is 0 Å². The highest BCUT2D eigenvalue weighted by atomic mass is 16.5. The number of ether oxygens (including phenoxy) is 1. The summed E-state index contributed by atoms with van der Waals surface area (Å²) in [5, 5.41) is 9.97. The number of carbonyl (C=O) groups excluding carboxylic acids is 1. The molecule has 1 fully saturated rings. The molecular weight excluding hydrogens is 180 g/mol. The number of hydrogen-bond donors (Lipinski definition) is 1. The maximum Gasteiger partial charge on any atom is 0.337 e. The molecule has 0 unspecified atom stereocenters. The van der Waals surface area contributed by atoms with Crippen LogP contribution in [0.3, 0.4) is 0 Å². The van der Waals surface area contributed by atoms with E-state index in [-0.39, 0.29) is 18.0 Å². The minimum absolute atomic E-state index is 0.173. The molecule has 3 nitrogen and oxygen atoms in total. The van der Waals surface area contributed by atoms with Crippen LogP contribution < -0.4 is 0 Å². The third kappa shape index (κ3) is 1.69. The molecule has 1 heterocycles. The zero-order valence-electron chi connectivity index (χ0n) is 8.40. The Bertz CT molecular complexity index is 264. The molecule has 2 rings (SSSR count). The van der Waals surface area contributed by atoms with Gasteiger partial charge in [-0.15, -0.1) is 0 Å². The molecule has 2 atom stereocenters. The van der Waals surface area contributed by atoms with E-state index in [0.717, 1.165) is 12.8 Å². The van der Waals surface area contributed by atoms with Crippen molar-refractivity contribution in [3.05, 3.63) is 11.6 Å². The van der Waals surface area contributed by atoms with Crippen molar-refractivity contribution in [3.8, 4) is 0 Å². The van der Waals surface area contributed by atoms with Crippen LogP contribution in [0.25, 0.3) is 0 Å². The lowest BCUT2D eigenvalue weighted by Crippen LogP contribution is -2.23. The lowest BCUT2D eigenvalue weighted by molar-refractivity contribution is -0.140. The van der Waals surface area contributed by atoms with E-state index in [1.54, 1.807) is 6.08 Å². The van der Waals surface area contributed by atoms with Gasteiger partial charge in [0.2, 0.25) is 0 Å². The van der Waals surface area contributed by atoms with E-state index in [9.17, 15) is 9.90 Å². The highest BCUT2D eigenvalue weighted by Crippen LogP contribution is 2.32. The highest BCUT2D eigenvalue weighted by Gasteiger charge is 2.34. The maximum atomic E-state index is 11.3. The van der Waals surface area contributed by atoms with Crippen LogP contribution in [0.1, 0.15) is 32.6 Å². The van der Waals surface area contributed by atoms with E-state index in [2.05, 4.69) is 0 Å². The van der Waals surface area contributed by atoms with Gasteiger partial charge in [0.15, 0.2) is 0 Å². The Balaban J connectivity index is 2.06. The van der Waals surface area contributed by atoms with E-state index in [1.807, 2.05) is 6.92 Å². The smallest absolute Gasteiger partial charge is 0.337 e. The van der Waals surface area contributed by atoms with Crippen molar-refractivity contribution in [1.29, 1.82) is 0 Å². The van der Waals surface area contributed by atoms with Gasteiger partial charge in [0.25, 0.3) is 0 Å². The Morgan fingerprint density at radius 1 is 1.50 bits per heavy atom. The SMILES string of the molecule is C[C@@H]1C=C([C@@H](O)C2CCCC2)C(=O)O1. The van der Waals surface area contributed by atoms with Gasteiger partial charge in [-0.05, 0) is 31.8 Å². The summed E-state index contributed by atoms with van der Waals surface area (Å²) in [7, 11) is 0. The molecule has 0 aromatic rings. The summed E-state index contributed by atoms with van der Waals surface area (Å²) in [5.74, 6) is -0.0731. The zero-order valence-corrected chi connectivity index (χ0v) is 8.40. The maximum absolute atomic E-state index is 11.3. The molecule has 1 saturated carbocycles. The molecule has 0 aromatic heterocycles. The van der Waals surface area contributed by atoms with Crippen LogP contribution in [0, 0.1) is 5.92 Å². The van der Waals surface area contributed by atoms with Crippen LogP contribution in [0.4, 0.5) is 0 Å². The summed E-state index contributed by atoms with van der Waals surface area (Å²) < 4.78 is 4.96.